The number of hydrogen-bond donors (Lipinski definition) is 3. The Balaban J connectivity index is 1.64. The second kappa shape index (κ2) is 9.34. The van der Waals surface area contributed by atoms with Crippen LogP contribution in [0.5, 0.6) is 0 Å². The van der Waals surface area contributed by atoms with Crippen LogP contribution in [-0.2, 0) is 20.9 Å². The predicted molar refractivity (Wildman–Crippen MR) is 107 cm³/mol. The van der Waals surface area contributed by atoms with Crippen molar-refractivity contribution in [3.8, 4) is 0 Å². The largest absolute Gasteiger partial charge is 0.461 e. The van der Waals surface area contributed by atoms with Crippen LogP contribution in [0, 0.1) is 6.92 Å². The molecule has 2 aliphatic rings. The molecule has 2 fully saturated rings. The third kappa shape index (κ3) is 5.00. The van der Waals surface area contributed by atoms with Crippen molar-refractivity contribution in [2.24, 2.45) is 0 Å². The number of aryl methyl sites for hydroxylation is 1. The minimum atomic E-state index is -0.563. The first kappa shape index (κ1) is 20.6. The van der Waals surface area contributed by atoms with E-state index in [2.05, 4.69) is 5.32 Å². The molecule has 2 saturated carbocycles. The molecule has 3 N–H and O–H groups in total. The van der Waals surface area contributed by atoms with Crippen LogP contribution in [0.2, 0.25) is 0 Å². The lowest BCUT2D eigenvalue weighted by Crippen LogP contribution is -2.51. The van der Waals surface area contributed by atoms with Crippen molar-refractivity contribution in [3.63, 3.8) is 0 Å². The zero-order valence-electron chi connectivity index (χ0n) is 16.5. The molecule has 6 heteroatoms. The highest BCUT2D eigenvalue weighted by molar-refractivity contribution is 5.90. The second-order valence-corrected chi connectivity index (χ2v) is 7.95. The van der Waals surface area contributed by atoms with Crippen LogP contribution in [0.15, 0.2) is 24.3 Å². The first-order valence-electron chi connectivity index (χ1n) is 10.2. The molecule has 152 valence electrons. The summed E-state index contributed by atoms with van der Waals surface area (Å²) in [6.45, 7) is 2.62. The van der Waals surface area contributed by atoms with Gasteiger partial charge in [-0.3, -0.25) is 20.1 Å². The molecule has 0 aromatic heterocycles. The second-order valence-electron chi connectivity index (χ2n) is 7.95. The third-order valence-corrected chi connectivity index (χ3v) is 5.94. The van der Waals surface area contributed by atoms with Gasteiger partial charge in [0, 0.05) is 12.6 Å². The fourth-order valence-corrected chi connectivity index (χ4v) is 4.20. The standard InChI is InChI=1S/C22H30N2O4/c1-16-14-17(9-11-20(25)24-27)8-10-18(16)15-23-22(12-4-5-13-22)21(26)28-19-6-2-3-7-19/h8-11,14,19,23,27H,2-7,12-13,15H2,1H3,(H,24,25)/b11-9+. The predicted octanol–water partition coefficient (Wildman–Crippen LogP) is 3.40. The first-order valence-corrected chi connectivity index (χ1v) is 10.2. The maximum Gasteiger partial charge on any atom is 0.326 e. The number of esters is 1. The normalized spacial score (nSPS) is 19.2. The summed E-state index contributed by atoms with van der Waals surface area (Å²) < 4.78 is 5.83. The number of hydrogen-bond acceptors (Lipinski definition) is 5. The zero-order chi connectivity index (χ0) is 20.0. The van der Waals surface area contributed by atoms with Crippen molar-refractivity contribution in [1.82, 2.24) is 10.8 Å². The molecule has 0 unspecified atom stereocenters. The summed E-state index contributed by atoms with van der Waals surface area (Å²) in [6, 6.07) is 5.91. The number of amides is 1. The van der Waals surface area contributed by atoms with E-state index in [1.165, 1.54) is 6.08 Å². The summed E-state index contributed by atoms with van der Waals surface area (Å²) in [5.74, 6) is -0.642. The summed E-state index contributed by atoms with van der Waals surface area (Å²) in [6.07, 6.45) is 11.0. The van der Waals surface area contributed by atoms with Crippen LogP contribution in [0.4, 0.5) is 0 Å². The number of hydroxylamine groups is 1. The van der Waals surface area contributed by atoms with E-state index >= 15 is 0 Å². The van der Waals surface area contributed by atoms with Crippen molar-refractivity contribution < 1.29 is 19.5 Å². The van der Waals surface area contributed by atoms with Crippen LogP contribution >= 0.6 is 0 Å². The topological polar surface area (TPSA) is 87.7 Å². The van der Waals surface area contributed by atoms with Gasteiger partial charge in [0.25, 0.3) is 5.91 Å². The highest BCUT2D eigenvalue weighted by Crippen LogP contribution is 2.33. The van der Waals surface area contributed by atoms with Gasteiger partial charge in [-0.25, -0.2) is 5.48 Å². The Labute approximate surface area is 166 Å². The molecule has 1 aromatic rings. The van der Waals surface area contributed by atoms with E-state index < -0.39 is 11.4 Å². The number of nitrogens with one attached hydrogen (secondary N) is 2. The van der Waals surface area contributed by atoms with Crippen molar-refractivity contribution in [3.05, 3.63) is 41.0 Å². The summed E-state index contributed by atoms with van der Waals surface area (Å²) in [5, 5.41) is 12.1. The summed E-state index contributed by atoms with van der Waals surface area (Å²) >= 11 is 0. The molecule has 6 nitrogen and oxygen atoms in total. The molecule has 0 atom stereocenters. The van der Waals surface area contributed by atoms with Crippen molar-refractivity contribution in [2.75, 3.05) is 0 Å². The quantitative estimate of drug-likeness (QED) is 0.289. The van der Waals surface area contributed by atoms with E-state index in [0.717, 1.165) is 68.1 Å². The Morgan fingerprint density at radius 2 is 1.93 bits per heavy atom. The van der Waals surface area contributed by atoms with Crippen molar-refractivity contribution >= 4 is 18.0 Å². The summed E-state index contributed by atoms with van der Waals surface area (Å²) in [7, 11) is 0. The van der Waals surface area contributed by atoms with Gasteiger partial charge in [0.15, 0.2) is 0 Å². The fraction of sp³-hybridized carbons (Fsp3) is 0.545. The first-order chi connectivity index (χ1) is 13.5. The third-order valence-electron chi connectivity index (χ3n) is 5.94. The smallest absolute Gasteiger partial charge is 0.326 e. The minimum absolute atomic E-state index is 0.0795. The lowest BCUT2D eigenvalue weighted by molar-refractivity contribution is -0.157. The van der Waals surface area contributed by atoms with E-state index in [9.17, 15) is 9.59 Å². The van der Waals surface area contributed by atoms with E-state index in [1.807, 2.05) is 25.1 Å². The van der Waals surface area contributed by atoms with Gasteiger partial charge in [-0.1, -0.05) is 31.0 Å². The van der Waals surface area contributed by atoms with E-state index in [-0.39, 0.29) is 12.1 Å². The summed E-state index contributed by atoms with van der Waals surface area (Å²) in [5.41, 5.74) is 4.08. The maximum absolute atomic E-state index is 12.9. The lowest BCUT2D eigenvalue weighted by Gasteiger charge is -2.30. The number of benzene rings is 1. The average Bonchev–Trinajstić information content (AvgIpc) is 3.38. The molecule has 0 bridgehead atoms. The molecule has 0 spiro atoms. The summed E-state index contributed by atoms with van der Waals surface area (Å²) in [4.78, 5) is 24.0. The molecule has 2 aliphatic carbocycles. The fourth-order valence-electron chi connectivity index (χ4n) is 4.20. The Kier molecular flexibility index (Phi) is 6.86. The molecule has 0 heterocycles. The van der Waals surface area contributed by atoms with E-state index in [0.29, 0.717) is 6.54 Å². The number of carbonyl (C=O) groups is 2. The molecule has 28 heavy (non-hydrogen) atoms. The molecule has 1 aromatic carbocycles. The molecule has 0 aliphatic heterocycles. The molecular weight excluding hydrogens is 356 g/mol. The molecule has 1 amide bonds. The van der Waals surface area contributed by atoms with Crippen LogP contribution < -0.4 is 10.8 Å². The van der Waals surface area contributed by atoms with E-state index in [4.69, 9.17) is 9.94 Å². The van der Waals surface area contributed by atoms with Gasteiger partial charge >= 0.3 is 5.97 Å². The van der Waals surface area contributed by atoms with Gasteiger partial charge < -0.3 is 4.74 Å². The highest BCUT2D eigenvalue weighted by Gasteiger charge is 2.43. The number of carbonyl (C=O) groups excluding carboxylic acids is 2. The Hall–Kier alpha value is -2.18. The van der Waals surface area contributed by atoms with Crippen LogP contribution in [-0.4, -0.2) is 28.7 Å². The number of ether oxygens (including phenoxy) is 1. The van der Waals surface area contributed by atoms with Gasteiger partial charge in [0.2, 0.25) is 0 Å². The van der Waals surface area contributed by atoms with Gasteiger partial charge in [0.05, 0.1) is 0 Å². The SMILES string of the molecule is Cc1cc(/C=C/C(=O)NO)ccc1CNC1(C(=O)OC2CCCC2)CCCC1. The van der Waals surface area contributed by atoms with Crippen LogP contribution in [0.1, 0.15) is 68.1 Å². The van der Waals surface area contributed by atoms with Gasteiger partial charge in [-0.05, 0) is 68.2 Å². The minimum Gasteiger partial charge on any atom is -0.461 e. The molecule has 0 radical (unpaired) electrons. The molecular formula is C22H30N2O4. The maximum atomic E-state index is 12.9. The van der Waals surface area contributed by atoms with Gasteiger partial charge in [-0.15, -0.1) is 0 Å². The van der Waals surface area contributed by atoms with E-state index in [1.54, 1.807) is 11.6 Å². The Morgan fingerprint density at radius 3 is 2.57 bits per heavy atom. The highest BCUT2D eigenvalue weighted by atomic mass is 16.5. The zero-order valence-corrected chi connectivity index (χ0v) is 16.5. The van der Waals surface area contributed by atoms with Gasteiger partial charge in [0.1, 0.15) is 11.6 Å². The van der Waals surface area contributed by atoms with Gasteiger partial charge in [-0.2, -0.15) is 0 Å². The molecule has 3 rings (SSSR count). The monoisotopic (exact) mass is 386 g/mol. The average molecular weight is 386 g/mol. The molecule has 0 saturated heterocycles. The van der Waals surface area contributed by atoms with Crippen molar-refractivity contribution in [1.29, 1.82) is 0 Å². The van der Waals surface area contributed by atoms with Crippen LogP contribution in [0.25, 0.3) is 6.08 Å². The Morgan fingerprint density at radius 1 is 1.21 bits per heavy atom. The lowest BCUT2D eigenvalue weighted by atomic mass is 9.96. The van der Waals surface area contributed by atoms with Crippen LogP contribution in [0.3, 0.4) is 0 Å². The Bertz CT molecular complexity index is 732. The van der Waals surface area contributed by atoms with Crippen molar-refractivity contribution in [2.45, 2.75) is 76.5 Å². The number of rotatable bonds is 7.